The summed E-state index contributed by atoms with van der Waals surface area (Å²) in [6.07, 6.45) is 3.48. The highest BCUT2D eigenvalue weighted by molar-refractivity contribution is 5.30. The van der Waals surface area contributed by atoms with E-state index in [2.05, 4.69) is 13.5 Å². The van der Waals surface area contributed by atoms with Crippen molar-refractivity contribution >= 4 is 0 Å². The standard InChI is InChI=1S/C15H24O3/c1-9-11(18)6-10-13-12(9)14(10,2)4-3-5-15(13,7-16)8-17/h10-13,16-18H,1,3-8H2,2H3/t10-,11-,12+,13-,14+/m1/s1. The molecule has 4 bridgehead atoms. The molecule has 4 aliphatic rings. The molecule has 0 heterocycles. The Morgan fingerprint density at radius 1 is 1.28 bits per heavy atom. The molecule has 3 N–H and O–H groups in total. The van der Waals surface area contributed by atoms with Crippen molar-refractivity contribution in [3.63, 3.8) is 0 Å². The molecule has 0 aliphatic heterocycles. The average Bonchev–Trinajstić information content (AvgIpc) is 2.57. The van der Waals surface area contributed by atoms with Gasteiger partial charge in [-0.3, -0.25) is 0 Å². The minimum Gasteiger partial charge on any atom is -0.396 e. The van der Waals surface area contributed by atoms with Crippen molar-refractivity contribution in [1.82, 2.24) is 0 Å². The van der Waals surface area contributed by atoms with Gasteiger partial charge in [-0.15, -0.1) is 0 Å². The first-order valence-electron chi connectivity index (χ1n) is 7.08. The molecule has 4 fully saturated rings. The van der Waals surface area contributed by atoms with Gasteiger partial charge in [-0.05, 0) is 48.0 Å². The third-order valence-corrected chi connectivity index (χ3v) is 6.38. The summed E-state index contributed by atoms with van der Waals surface area (Å²) in [6.45, 7) is 6.52. The van der Waals surface area contributed by atoms with Crippen LogP contribution in [-0.4, -0.2) is 34.6 Å². The van der Waals surface area contributed by atoms with Crippen LogP contribution in [0.1, 0.15) is 32.6 Å². The van der Waals surface area contributed by atoms with E-state index in [9.17, 15) is 15.3 Å². The molecule has 3 nitrogen and oxygen atoms in total. The molecule has 4 aliphatic carbocycles. The second kappa shape index (κ2) is 3.81. The molecule has 102 valence electrons. The van der Waals surface area contributed by atoms with Gasteiger partial charge in [-0.25, -0.2) is 0 Å². The molecule has 0 radical (unpaired) electrons. The second-order valence-electron chi connectivity index (χ2n) is 6.97. The van der Waals surface area contributed by atoms with Crippen LogP contribution < -0.4 is 0 Å². The lowest BCUT2D eigenvalue weighted by Crippen LogP contribution is -2.66. The predicted octanol–water partition coefficient (Wildman–Crippen LogP) is 1.33. The third-order valence-electron chi connectivity index (χ3n) is 6.38. The number of rotatable bonds is 2. The van der Waals surface area contributed by atoms with E-state index in [4.69, 9.17) is 0 Å². The predicted molar refractivity (Wildman–Crippen MR) is 68.8 cm³/mol. The van der Waals surface area contributed by atoms with E-state index in [-0.39, 0.29) is 36.1 Å². The van der Waals surface area contributed by atoms with Crippen molar-refractivity contribution in [2.45, 2.75) is 38.7 Å². The maximum absolute atomic E-state index is 10.0. The Kier molecular flexibility index (Phi) is 2.68. The minimum atomic E-state index is -0.377. The zero-order valence-electron chi connectivity index (χ0n) is 11.1. The molecule has 3 heteroatoms. The molecule has 0 aromatic rings. The van der Waals surface area contributed by atoms with Crippen LogP contribution in [0.5, 0.6) is 0 Å². The van der Waals surface area contributed by atoms with Gasteiger partial charge in [-0.2, -0.15) is 0 Å². The zero-order chi connectivity index (χ0) is 13.1. The zero-order valence-corrected chi connectivity index (χ0v) is 11.1. The van der Waals surface area contributed by atoms with Crippen LogP contribution >= 0.6 is 0 Å². The summed E-state index contributed by atoms with van der Waals surface area (Å²) in [7, 11) is 0. The quantitative estimate of drug-likeness (QED) is 0.650. The fourth-order valence-electron chi connectivity index (χ4n) is 5.36. The number of aliphatic hydroxyl groups excluding tert-OH is 3. The maximum atomic E-state index is 10.0. The Bertz CT molecular complexity index is 374. The van der Waals surface area contributed by atoms with Gasteiger partial charge >= 0.3 is 0 Å². The van der Waals surface area contributed by atoms with Gasteiger partial charge in [0.2, 0.25) is 0 Å². The van der Waals surface area contributed by atoms with Crippen molar-refractivity contribution < 1.29 is 15.3 Å². The Morgan fingerprint density at radius 2 is 1.94 bits per heavy atom. The van der Waals surface area contributed by atoms with Crippen molar-refractivity contribution in [3.05, 3.63) is 12.2 Å². The van der Waals surface area contributed by atoms with Gasteiger partial charge < -0.3 is 15.3 Å². The first-order valence-corrected chi connectivity index (χ1v) is 7.08. The Balaban J connectivity index is 2.03. The van der Waals surface area contributed by atoms with Gasteiger partial charge in [0.25, 0.3) is 0 Å². The van der Waals surface area contributed by atoms with Crippen LogP contribution in [0, 0.1) is 28.6 Å². The largest absolute Gasteiger partial charge is 0.396 e. The SMILES string of the molecule is C=C1[C@H](O)C[C@@H]2[C@@H]3[C@H]1[C@@]2(C)CCCC3(CO)CO. The monoisotopic (exact) mass is 252 g/mol. The molecule has 18 heavy (non-hydrogen) atoms. The normalized spacial score (nSPS) is 49.4. The fraction of sp³-hybridized carbons (Fsp3) is 0.867. The summed E-state index contributed by atoms with van der Waals surface area (Å²) in [4.78, 5) is 0. The van der Waals surface area contributed by atoms with Gasteiger partial charge in [0, 0.05) is 5.41 Å². The number of hydrogen-bond acceptors (Lipinski definition) is 3. The molecule has 0 unspecified atom stereocenters. The smallest absolute Gasteiger partial charge is 0.0753 e. The van der Waals surface area contributed by atoms with E-state index in [1.54, 1.807) is 0 Å². The minimum absolute atomic E-state index is 0.0562. The Morgan fingerprint density at radius 3 is 2.50 bits per heavy atom. The van der Waals surface area contributed by atoms with E-state index in [0.717, 1.165) is 31.3 Å². The molecule has 0 spiro atoms. The number of hydrogen-bond donors (Lipinski definition) is 3. The van der Waals surface area contributed by atoms with Crippen LogP contribution in [0.25, 0.3) is 0 Å². The molecule has 5 atom stereocenters. The molecular weight excluding hydrogens is 228 g/mol. The molecule has 0 aromatic carbocycles. The van der Waals surface area contributed by atoms with Gasteiger partial charge in [0.05, 0.1) is 19.3 Å². The lowest BCUT2D eigenvalue weighted by atomic mass is 9.36. The summed E-state index contributed by atoms with van der Waals surface area (Å²) < 4.78 is 0. The van der Waals surface area contributed by atoms with E-state index in [1.165, 1.54) is 0 Å². The highest BCUT2D eigenvalue weighted by Gasteiger charge is 2.69. The molecule has 0 amide bonds. The van der Waals surface area contributed by atoms with Crippen LogP contribution in [0.3, 0.4) is 0 Å². The molecule has 0 saturated heterocycles. The van der Waals surface area contributed by atoms with Crippen LogP contribution in [0.15, 0.2) is 12.2 Å². The van der Waals surface area contributed by atoms with E-state index in [0.29, 0.717) is 11.8 Å². The van der Waals surface area contributed by atoms with Crippen LogP contribution in [0.2, 0.25) is 0 Å². The van der Waals surface area contributed by atoms with Crippen molar-refractivity contribution in [1.29, 1.82) is 0 Å². The summed E-state index contributed by atoms with van der Waals surface area (Å²) in [5, 5.41) is 29.6. The van der Waals surface area contributed by atoms with Crippen molar-refractivity contribution in [2.24, 2.45) is 28.6 Å². The van der Waals surface area contributed by atoms with Gasteiger partial charge in [0.15, 0.2) is 0 Å². The average molecular weight is 252 g/mol. The summed E-state index contributed by atoms with van der Waals surface area (Å²) in [6, 6.07) is 0. The number of aliphatic hydroxyl groups is 3. The first-order chi connectivity index (χ1) is 8.50. The molecule has 0 aromatic heterocycles. The Labute approximate surface area is 109 Å². The third kappa shape index (κ3) is 1.25. The van der Waals surface area contributed by atoms with Gasteiger partial charge in [-0.1, -0.05) is 19.9 Å². The number of fused-ring (bicyclic) bond motifs is 2. The summed E-state index contributed by atoms with van der Waals surface area (Å²) in [5.41, 5.74) is 0.833. The molecule has 4 saturated carbocycles. The Hall–Kier alpha value is -0.380. The molecular formula is C15H24O3. The fourth-order valence-corrected chi connectivity index (χ4v) is 5.36. The lowest BCUT2D eigenvalue weighted by molar-refractivity contribution is -0.200. The highest BCUT2D eigenvalue weighted by Crippen LogP contribution is 2.73. The summed E-state index contributed by atoms with van der Waals surface area (Å²) in [5.74, 6) is 1.04. The lowest BCUT2D eigenvalue weighted by Gasteiger charge is -2.68. The summed E-state index contributed by atoms with van der Waals surface area (Å²) >= 11 is 0. The van der Waals surface area contributed by atoms with E-state index < -0.39 is 0 Å². The first kappa shape index (κ1) is 12.6. The van der Waals surface area contributed by atoms with E-state index in [1.807, 2.05) is 0 Å². The second-order valence-corrected chi connectivity index (χ2v) is 6.97. The van der Waals surface area contributed by atoms with Crippen molar-refractivity contribution in [2.75, 3.05) is 13.2 Å². The molecule has 4 rings (SSSR count). The van der Waals surface area contributed by atoms with Crippen molar-refractivity contribution in [3.8, 4) is 0 Å². The maximum Gasteiger partial charge on any atom is 0.0753 e. The van der Waals surface area contributed by atoms with Crippen LogP contribution in [0.4, 0.5) is 0 Å². The van der Waals surface area contributed by atoms with Crippen LogP contribution in [-0.2, 0) is 0 Å². The van der Waals surface area contributed by atoms with E-state index >= 15 is 0 Å². The topological polar surface area (TPSA) is 60.7 Å². The van der Waals surface area contributed by atoms with Gasteiger partial charge in [0.1, 0.15) is 0 Å². The highest BCUT2D eigenvalue weighted by atomic mass is 16.3.